The third-order valence-electron chi connectivity index (χ3n) is 4.13. The summed E-state index contributed by atoms with van der Waals surface area (Å²) in [6, 6.07) is 11.3. The molecule has 0 aliphatic carbocycles. The average molecular weight is 397 g/mol. The third-order valence-corrected chi connectivity index (χ3v) is 4.13. The SMILES string of the molecule is COc1ccccc1CNc1cnnc(Nc2cc(OC)c(OC)c(OC)c2)n1. The van der Waals surface area contributed by atoms with E-state index in [1.54, 1.807) is 46.8 Å². The van der Waals surface area contributed by atoms with Crippen LogP contribution in [0.5, 0.6) is 23.0 Å². The number of nitrogens with one attached hydrogen (secondary N) is 2. The zero-order valence-corrected chi connectivity index (χ0v) is 16.7. The molecule has 1 aromatic heterocycles. The highest BCUT2D eigenvalue weighted by Gasteiger charge is 2.14. The average Bonchev–Trinajstić information content (AvgIpc) is 2.77. The molecule has 0 amide bonds. The van der Waals surface area contributed by atoms with Crippen molar-refractivity contribution in [2.75, 3.05) is 39.1 Å². The topological polar surface area (TPSA) is 99.7 Å². The van der Waals surface area contributed by atoms with Crippen LogP contribution in [0.1, 0.15) is 5.56 Å². The number of para-hydroxylation sites is 1. The van der Waals surface area contributed by atoms with Crippen LogP contribution >= 0.6 is 0 Å². The minimum Gasteiger partial charge on any atom is -0.496 e. The number of methoxy groups -OCH3 is 4. The molecule has 152 valence electrons. The molecular weight excluding hydrogens is 374 g/mol. The summed E-state index contributed by atoms with van der Waals surface area (Å²) in [5, 5.41) is 14.3. The Morgan fingerprint density at radius 3 is 2.21 bits per heavy atom. The van der Waals surface area contributed by atoms with Crippen LogP contribution in [-0.2, 0) is 6.54 Å². The van der Waals surface area contributed by atoms with Crippen LogP contribution in [0.25, 0.3) is 0 Å². The van der Waals surface area contributed by atoms with E-state index < -0.39 is 0 Å². The second-order valence-corrected chi connectivity index (χ2v) is 5.87. The Kier molecular flexibility index (Phi) is 6.51. The lowest BCUT2D eigenvalue weighted by molar-refractivity contribution is 0.324. The number of anilines is 3. The second kappa shape index (κ2) is 9.45. The van der Waals surface area contributed by atoms with Gasteiger partial charge in [-0.3, -0.25) is 0 Å². The molecule has 0 atom stereocenters. The number of ether oxygens (including phenoxy) is 4. The van der Waals surface area contributed by atoms with Crippen LogP contribution in [0.3, 0.4) is 0 Å². The van der Waals surface area contributed by atoms with E-state index in [1.165, 1.54) is 0 Å². The maximum absolute atomic E-state index is 5.36. The Balaban J connectivity index is 1.76. The maximum atomic E-state index is 5.36. The highest BCUT2D eigenvalue weighted by atomic mass is 16.5. The zero-order valence-electron chi connectivity index (χ0n) is 16.7. The molecule has 0 unspecified atom stereocenters. The molecule has 0 bridgehead atoms. The second-order valence-electron chi connectivity index (χ2n) is 5.87. The van der Waals surface area contributed by atoms with Crippen LogP contribution in [0, 0.1) is 0 Å². The van der Waals surface area contributed by atoms with Crippen molar-refractivity contribution in [1.29, 1.82) is 0 Å². The summed E-state index contributed by atoms with van der Waals surface area (Å²) in [6.45, 7) is 0.534. The Labute approximate surface area is 169 Å². The number of hydrogen-bond donors (Lipinski definition) is 2. The summed E-state index contributed by atoms with van der Waals surface area (Å²) in [5.41, 5.74) is 1.68. The summed E-state index contributed by atoms with van der Waals surface area (Å²) in [4.78, 5) is 4.44. The van der Waals surface area contributed by atoms with Gasteiger partial charge >= 0.3 is 0 Å². The van der Waals surface area contributed by atoms with Gasteiger partial charge in [-0.2, -0.15) is 10.1 Å². The molecule has 0 saturated heterocycles. The Hall–Kier alpha value is -3.75. The van der Waals surface area contributed by atoms with Crippen LogP contribution in [0.2, 0.25) is 0 Å². The molecule has 0 aliphatic heterocycles. The first-order chi connectivity index (χ1) is 14.2. The molecule has 0 aliphatic rings. The van der Waals surface area contributed by atoms with E-state index in [4.69, 9.17) is 18.9 Å². The van der Waals surface area contributed by atoms with Gasteiger partial charge in [0.2, 0.25) is 11.7 Å². The minimum absolute atomic E-state index is 0.323. The van der Waals surface area contributed by atoms with E-state index in [9.17, 15) is 0 Å². The number of rotatable bonds is 9. The lowest BCUT2D eigenvalue weighted by atomic mass is 10.2. The van der Waals surface area contributed by atoms with Crippen molar-refractivity contribution in [3.63, 3.8) is 0 Å². The largest absolute Gasteiger partial charge is 0.496 e. The Bertz CT molecular complexity index is 942. The van der Waals surface area contributed by atoms with Gasteiger partial charge in [-0.25, -0.2) is 0 Å². The number of benzene rings is 2. The van der Waals surface area contributed by atoms with Crippen molar-refractivity contribution < 1.29 is 18.9 Å². The molecule has 9 nitrogen and oxygen atoms in total. The fraction of sp³-hybridized carbons (Fsp3) is 0.250. The summed E-state index contributed by atoms with van der Waals surface area (Å²) in [5.74, 6) is 3.25. The first-order valence-corrected chi connectivity index (χ1v) is 8.81. The van der Waals surface area contributed by atoms with E-state index in [0.717, 1.165) is 11.3 Å². The van der Waals surface area contributed by atoms with Crippen molar-refractivity contribution >= 4 is 17.5 Å². The lowest BCUT2D eigenvalue weighted by Gasteiger charge is -2.14. The van der Waals surface area contributed by atoms with Crippen molar-refractivity contribution in [3.05, 3.63) is 48.2 Å². The van der Waals surface area contributed by atoms with Crippen molar-refractivity contribution in [3.8, 4) is 23.0 Å². The lowest BCUT2D eigenvalue weighted by Crippen LogP contribution is -2.06. The standard InChI is InChI=1S/C20H23N5O4/c1-26-15-8-6-5-7-13(15)11-21-18-12-22-25-20(24-18)23-14-9-16(27-2)19(29-4)17(10-14)28-3/h5-10,12H,11H2,1-4H3,(H2,21,23,24,25). The number of hydrogen-bond acceptors (Lipinski definition) is 9. The fourth-order valence-corrected chi connectivity index (χ4v) is 2.76. The van der Waals surface area contributed by atoms with Gasteiger partial charge in [-0.05, 0) is 6.07 Å². The van der Waals surface area contributed by atoms with Crippen molar-refractivity contribution in [2.45, 2.75) is 6.54 Å². The van der Waals surface area contributed by atoms with Crippen LogP contribution in [-0.4, -0.2) is 43.6 Å². The molecule has 3 rings (SSSR count). The predicted molar refractivity (Wildman–Crippen MR) is 110 cm³/mol. The van der Waals surface area contributed by atoms with E-state index in [2.05, 4.69) is 25.8 Å². The molecule has 0 spiro atoms. The van der Waals surface area contributed by atoms with E-state index in [1.807, 2.05) is 24.3 Å². The quantitative estimate of drug-likeness (QED) is 0.563. The van der Waals surface area contributed by atoms with Crippen molar-refractivity contribution in [2.24, 2.45) is 0 Å². The van der Waals surface area contributed by atoms with Crippen LogP contribution in [0.4, 0.5) is 17.5 Å². The van der Waals surface area contributed by atoms with Crippen molar-refractivity contribution in [1.82, 2.24) is 15.2 Å². The summed E-state index contributed by atoms with van der Waals surface area (Å²) in [6.07, 6.45) is 1.55. The van der Waals surface area contributed by atoms with E-state index in [-0.39, 0.29) is 0 Å². The fourth-order valence-electron chi connectivity index (χ4n) is 2.76. The van der Waals surface area contributed by atoms with Gasteiger partial charge in [0.1, 0.15) is 5.75 Å². The molecular formula is C20H23N5O4. The zero-order chi connectivity index (χ0) is 20.6. The monoisotopic (exact) mass is 397 g/mol. The van der Waals surface area contributed by atoms with E-state index in [0.29, 0.717) is 41.2 Å². The highest BCUT2D eigenvalue weighted by Crippen LogP contribution is 2.40. The van der Waals surface area contributed by atoms with Gasteiger partial charge in [-0.15, -0.1) is 5.10 Å². The number of nitrogens with zero attached hydrogens (tertiary/aromatic N) is 3. The highest BCUT2D eigenvalue weighted by molar-refractivity contribution is 5.65. The molecule has 9 heteroatoms. The smallest absolute Gasteiger partial charge is 0.249 e. The Morgan fingerprint density at radius 1 is 0.862 bits per heavy atom. The molecule has 3 aromatic rings. The molecule has 29 heavy (non-hydrogen) atoms. The normalized spacial score (nSPS) is 10.2. The van der Waals surface area contributed by atoms with E-state index >= 15 is 0 Å². The van der Waals surface area contributed by atoms with Crippen LogP contribution in [0.15, 0.2) is 42.6 Å². The molecule has 0 fully saturated rings. The maximum Gasteiger partial charge on any atom is 0.249 e. The summed E-state index contributed by atoms with van der Waals surface area (Å²) < 4.78 is 21.4. The molecule has 2 aromatic carbocycles. The molecule has 0 radical (unpaired) electrons. The third kappa shape index (κ3) is 4.75. The van der Waals surface area contributed by atoms with Gasteiger partial charge < -0.3 is 29.6 Å². The first kappa shape index (κ1) is 20.0. The Morgan fingerprint density at radius 2 is 1.55 bits per heavy atom. The van der Waals surface area contributed by atoms with Gasteiger partial charge in [0.25, 0.3) is 0 Å². The van der Waals surface area contributed by atoms with Gasteiger partial charge in [0, 0.05) is 29.9 Å². The molecule has 2 N–H and O–H groups in total. The minimum atomic E-state index is 0.323. The molecule has 0 saturated carbocycles. The first-order valence-electron chi connectivity index (χ1n) is 8.81. The molecule has 1 heterocycles. The van der Waals surface area contributed by atoms with Gasteiger partial charge in [0.15, 0.2) is 17.3 Å². The summed E-state index contributed by atoms with van der Waals surface area (Å²) >= 11 is 0. The van der Waals surface area contributed by atoms with Gasteiger partial charge in [-0.1, -0.05) is 18.2 Å². The summed E-state index contributed by atoms with van der Waals surface area (Å²) in [7, 11) is 6.31. The van der Waals surface area contributed by atoms with Gasteiger partial charge in [0.05, 0.1) is 34.6 Å². The predicted octanol–water partition coefficient (Wildman–Crippen LogP) is 3.26. The van der Waals surface area contributed by atoms with Crippen LogP contribution < -0.4 is 29.6 Å². The number of aromatic nitrogens is 3.